The summed E-state index contributed by atoms with van der Waals surface area (Å²) in [5.74, 6) is 1.31. The number of rotatable bonds is 11. The van der Waals surface area contributed by atoms with Gasteiger partial charge in [-0.2, -0.15) is 0 Å². The average molecular weight is 487 g/mol. The zero-order valence-corrected chi connectivity index (χ0v) is 19.9. The van der Waals surface area contributed by atoms with Gasteiger partial charge in [-0.1, -0.05) is 17.7 Å². The molecule has 1 fully saturated rings. The summed E-state index contributed by atoms with van der Waals surface area (Å²) in [7, 11) is 2.05. The smallest absolute Gasteiger partial charge is 0.145 e. The van der Waals surface area contributed by atoms with Gasteiger partial charge in [0.1, 0.15) is 35.6 Å². The number of nitrogens with zero attached hydrogens (tertiary/aromatic N) is 3. The fourth-order valence-corrected chi connectivity index (χ4v) is 3.91. The predicted octanol–water partition coefficient (Wildman–Crippen LogP) is 5.22. The zero-order chi connectivity index (χ0) is 23.9. The Labute approximate surface area is 203 Å². The summed E-state index contributed by atoms with van der Waals surface area (Å²) in [5, 5.41) is 3.94. The number of nitrogens with one attached hydrogen (secondary N) is 1. The largest absolute Gasteiger partial charge is 0.493 e. The van der Waals surface area contributed by atoms with E-state index < -0.39 is 5.82 Å². The van der Waals surface area contributed by atoms with Gasteiger partial charge in [0.2, 0.25) is 0 Å². The standard InChI is InChI=1S/C25H28ClFN4O3/c1-3-8-31(2)9-4-10-33-19-13-22-24(23(14-19)34-18-7-11-32-15-18)25(29-16-28-22)30-17-5-6-21(27)20(26)12-17/h3,5-6,12-14,16,18H,1,4,7-11,15H2,2H3,(H,28,29,30). The highest BCUT2D eigenvalue weighted by atomic mass is 35.5. The van der Waals surface area contributed by atoms with Gasteiger partial charge in [0.05, 0.1) is 35.7 Å². The average Bonchev–Trinajstić information content (AvgIpc) is 3.32. The van der Waals surface area contributed by atoms with Gasteiger partial charge in [-0.05, 0) is 31.7 Å². The van der Waals surface area contributed by atoms with Crippen LogP contribution in [0.5, 0.6) is 11.5 Å². The number of benzene rings is 2. The number of hydrogen-bond acceptors (Lipinski definition) is 7. The lowest BCUT2D eigenvalue weighted by Crippen LogP contribution is -2.21. The van der Waals surface area contributed by atoms with Crippen LogP contribution in [0.4, 0.5) is 15.9 Å². The molecule has 0 saturated carbocycles. The normalized spacial score (nSPS) is 15.6. The maximum absolute atomic E-state index is 13.6. The maximum Gasteiger partial charge on any atom is 0.145 e. The number of fused-ring (bicyclic) bond motifs is 1. The molecule has 9 heteroatoms. The van der Waals surface area contributed by atoms with Crippen LogP contribution in [-0.2, 0) is 4.74 Å². The van der Waals surface area contributed by atoms with Crippen molar-refractivity contribution in [1.29, 1.82) is 0 Å². The molecule has 0 spiro atoms. The fourth-order valence-electron chi connectivity index (χ4n) is 3.73. The number of ether oxygens (including phenoxy) is 3. The molecule has 4 rings (SSSR count). The minimum absolute atomic E-state index is 0.0253. The van der Waals surface area contributed by atoms with Gasteiger partial charge in [-0.25, -0.2) is 14.4 Å². The summed E-state index contributed by atoms with van der Waals surface area (Å²) in [6, 6.07) is 8.14. The molecule has 2 aromatic carbocycles. The number of likely N-dealkylation sites (N-methyl/N-ethyl adjacent to an activating group) is 1. The summed E-state index contributed by atoms with van der Waals surface area (Å²) >= 11 is 5.95. The lowest BCUT2D eigenvalue weighted by atomic mass is 10.2. The molecule has 7 nitrogen and oxygen atoms in total. The van der Waals surface area contributed by atoms with Crippen molar-refractivity contribution in [1.82, 2.24) is 14.9 Å². The molecule has 2 heterocycles. The summed E-state index contributed by atoms with van der Waals surface area (Å²) in [6.07, 6.45) is 4.95. The van der Waals surface area contributed by atoms with E-state index in [2.05, 4.69) is 26.8 Å². The Balaban J connectivity index is 1.60. The van der Waals surface area contributed by atoms with Crippen molar-refractivity contribution in [3.05, 3.63) is 60.2 Å². The molecule has 1 aromatic heterocycles. The predicted molar refractivity (Wildman–Crippen MR) is 132 cm³/mol. The van der Waals surface area contributed by atoms with Crippen LogP contribution in [0.25, 0.3) is 10.9 Å². The van der Waals surface area contributed by atoms with Crippen molar-refractivity contribution < 1.29 is 18.6 Å². The van der Waals surface area contributed by atoms with Crippen LogP contribution in [0.1, 0.15) is 12.8 Å². The Morgan fingerprint density at radius 3 is 2.97 bits per heavy atom. The topological polar surface area (TPSA) is 68.7 Å². The number of hydrogen-bond donors (Lipinski definition) is 1. The molecular weight excluding hydrogens is 459 g/mol. The van der Waals surface area contributed by atoms with Crippen molar-refractivity contribution in [2.45, 2.75) is 18.9 Å². The van der Waals surface area contributed by atoms with Crippen molar-refractivity contribution >= 4 is 34.0 Å². The monoisotopic (exact) mass is 486 g/mol. The third-order valence-electron chi connectivity index (χ3n) is 5.43. The first-order valence-corrected chi connectivity index (χ1v) is 11.6. The second kappa shape index (κ2) is 11.5. The van der Waals surface area contributed by atoms with Crippen LogP contribution < -0.4 is 14.8 Å². The SMILES string of the molecule is C=CCN(C)CCCOc1cc(OC2CCOC2)c2c(Nc3ccc(F)c(Cl)c3)ncnc2c1. The lowest BCUT2D eigenvalue weighted by Gasteiger charge is -2.18. The summed E-state index contributed by atoms with van der Waals surface area (Å²) < 4.78 is 31.4. The van der Waals surface area contributed by atoms with Crippen molar-refractivity contribution in [3.8, 4) is 11.5 Å². The van der Waals surface area contributed by atoms with Crippen LogP contribution in [0.3, 0.4) is 0 Å². The van der Waals surface area contributed by atoms with Gasteiger partial charge in [-0.3, -0.25) is 0 Å². The molecule has 34 heavy (non-hydrogen) atoms. The summed E-state index contributed by atoms with van der Waals surface area (Å²) in [4.78, 5) is 11.0. The van der Waals surface area contributed by atoms with Gasteiger partial charge in [-0.15, -0.1) is 6.58 Å². The molecule has 1 saturated heterocycles. The molecule has 180 valence electrons. The van der Waals surface area contributed by atoms with Gasteiger partial charge < -0.3 is 24.4 Å². The minimum atomic E-state index is -0.484. The van der Waals surface area contributed by atoms with E-state index >= 15 is 0 Å². The summed E-state index contributed by atoms with van der Waals surface area (Å²) in [6.45, 7) is 7.24. The third kappa shape index (κ3) is 6.14. The number of aromatic nitrogens is 2. The van der Waals surface area contributed by atoms with Crippen LogP contribution >= 0.6 is 11.6 Å². The van der Waals surface area contributed by atoms with Crippen LogP contribution in [0.2, 0.25) is 5.02 Å². The highest BCUT2D eigenvalue weighted by molar-refractivity contribution is 6.31. The lowest BCUT2D eigenvalue weighted by molar-refractivity contribution is 0.142. The van der Waals surface area contributed by atoms with Crippen molar-refractivity contribution in [2.75, 3.05) is 45.3 Å². The van der Waals surface area contributed by atoms with E-state index in [1.165, 1.54) is 18.5 Å². The maximum atomic E-state index is 13.6. The Kier molecular flexibility index (Phi) is 8.16. The van der Waals surface area contributed by atoms with E-state index in [0.29, 0.717) is 53.7 Å². The number of anilines is 2. The van der Waals surface area contributed by atoms with Gasteiger partial charge in [0.25, 0.3) is 0 Å². The first kappa shape index (κ1) is 24.2. The molecule has 1 atom stereocenters. The van der Waals surface area contributed by atoms with E-state index in [4.69, 9.17) is 25.8 Å². The second-order valence-corrected chi connectivity index (χ2v) is 8.56. The van der Waals surface area contributed by atoms with Crippen LogP contribution in [-0.4, -0.2) is 60.9 Å². The van der Waals surface area contributed by atoms with Crippen molar-refractivity contribution in [3.63, 3.8) is 0 Å². The van der Waals surface area contributed by atoms with E-state index in [1.807, 2.05) is 25.3 Å². The second-order valence-electron chi connectivity index (χ2n) is 8.15. The molecule has 0 aliphatic carbocycles. The Hall–Kier alpha value is -2.94. The molecule has 3 aromatic rings. The molecular formula is C25H28ClFN4O3. The van der Waals surface area contributed by atoms with E-state index in [-0.39, 0.29) is 11.1 Å². The van der Waals surface area contributed by atoms with Gasteiger partial charge in [0, 0.05) is 37.3 Å². The Morgan fingerprint density at radius 1 is 1.32 bits per heavy atom. The molecule has 1 aliphatic heterocycles. The first-order valence-electron chi connectivity index (χ1n) is 11.2. The van der Waals surface area contributed by atoms with Crippen molar-refractivity contribution in [2.24, 2.45) is 0 Å². The van der Waals surface area contributed by atoms with Crippen LogP contribution in [0.15, 0.2) is 49.3 Å². The quantitative estimate of drug-likeness (QED) is 0.294. The van der Waals surface area contributed by atoms with E-state index in [9.17, 15) is 4.39 Å². The highest BCUT2D eigenvalue weighted by Gasteiger charge is 2.21. The highest BCUT2D eigenvalue weighted by Crippen LogP contribution is 2.37. The summed E-state index contributed by atoms with van der Waals surface area (Å²) in [5.41, 5.74) is 1.27. The molecule has 1 aliphatic rings. The molecule has 0 radical (unpaired) electrons. The van der Waals surface area contributed by atoms with Crippen LogP contribution in [0, 0.1) is 5.82 Å². The molecule has 0 bridgehead atoms. The zero-order valence-electron chi connectivity index (χ0n) is 19.1. The van der Waals surface area contributed by atoms with E-state index in [0.717, 1.165) is 25.9 Å². The van der Waals surface area contributed by atoms with Gasteiger partial charge >= 0.3 is 0 Å². The Bertz CT molecular complexity index is 1140. The molecule has 1 unspecified atom stereocenters. The van der Waals surface area contributed by atoms with E-state index in [1.54, 1.807) is 6.07 Å². The first-order chi connectivity index (χ1) is 16.5. The van der Waals surface area contributed by atoms with Gasteiger partial charge in [0.15, 0.2) is 0 Å². The molecule has 0 amide bonds. The minimum Gasteiger partial charge on any atom is -0.493 e. The molecule has 1 N–H and O–H groups in total. The number of halogens is 2. The third-order valence-corrected chi connectivity index (χ3v) is 5.72. The fraction of sp³-hybridized carbons (Fsp3) is 0.360. The Morgan fingerprint density at radius 2 is 2.21 bits per heavy atom.